The summed E-state index contributed by atoms with van der Waals surface area (Å²) in [4.78, 5) is 23.4. The molecule has 1 amide bonds. The van der Waals surface area contributed by atoms with Gasteiger partial charge >= 0.3 is 12.1 Å². The predicted octanol–water partition coefficient (Wildman–Crippen LogP) is 3.40. The lowest BCUT2D eigenvalue weighted by Gasteiger charge is -2.17. The van der Waals surface area contributed by atoms with Crippen LogP contribution in [0.4, 0.5) is 4.79 Å². The van der Waals surface area contributed by atoms with E-state index in [2.05, 4.69) is 17.4 Å². The molecule has 0 radical (unpaired) electrons. The number of fused-ring (bicyclic) bond motifs is 3. The molecule has 1 atom stereocenters. The van der Waals surface area contributed by atoms with Crippen LogP contribution in [0.5, 0.6) is 0 Å². The minimum Gasteiger partial charge on any atom is -0.480 e. The summed E-state index contributed by atoms with van der Waals surface area (Å²) >= 11 is 0. The first-order valence-electron chi connectivity index (χ1n) is 9.04. The maximum absolute atomic E-state index is 12.1. The summed E-state index contributed by atoms with van der Waals surface area (Å²) in [5, 5.41) is 11.6. The number of hydrogen-bond donors (Lipinski definition) is 2. The van der Waals surface area contributed by atoms with E-state index < -0.39 is 18.1 Å². The summed E-state index contributed by atoms with van der Waals surface area (Å²) in [6.45, 7) is 2.74. The summed E-state index contributed by atoms with van der Waals surface area (Å²) in [7, 11) is 0. The SMILES string of the molecule is CCOCC[C@H](NC(=O)OCC1c2ccccc2-c2ccccc21)C(=O)O. The minimum absolute atomic E-state index is 0.0603. The molecule has 0 spiro atoms. The second-order valence-corrected chi connectivity index (χ2v) is 6.35. The van der Waals surface area contributed by atoms with Crippen LogP contribution >= 0.6 is 0 Å². The first kappa shape index (κ1) is 18.9. The fourth-order valence-corrected chi connectivity index (χ4v) is 3.39. The Balaban J connectivity index is 1.64. The maximum atomic E-state index is 12.1. The van der Waals surface area contributed by atoms with Crippen molar-refractivity contribution in [3.8, 4) is 11.1 Å². The lowest BCUT2D eigenvalue weighted by molar-refractivity contribution is -0.139. The molecule has 27 heavy (non-hydrogen) atoms. The van der Waals surface area contributed by atoms with Crippen molar-refractivity contribution in [3.63, 3.8) is 0 Å². The largest absolute Gasteiger partial charge is 0.480 e. The molecule has 0 fully saturated rings. The van der Waals surface area contributed by atoms with E-state index in [1.54, 1.807) is 0 Å². The number of rotatable bonds is 8. The van der Waals surface area contributed by atoms with Gasteiger partial charge in [-0.1, -0.05) is 48.5 Å². The van der Waals surface area contributed by atoms with E-state index in [1.165, 1.54) is 0 Å². The van der Waals surface area contributed by atoms with Gasteiger partial charge in [0, 0.05) is 25.6 Å². The van der Waals surface area contributed by atoms with E-state index in [4.69, 9.17) is 9.47 Å². The van der Waals surface area contributed by atoms with Crippen LogP contribution in [-0.4, -0.2) is 43.0 Å². The summed E-state index contributed by atoms with van der Waals surface area (Å²) in [6, 6.07) is 15.0. The number of carboxylic acid groups (broad SMARTS) is 1. The number of benzene rings is 2. The summed E-state index contributed by atoms with van der Waals surface area (Å²) in [5.74, 6) is -1.17. The molecular formula is C21H23NO5. The summed E-state index contributed by atoms with van der Waals surface area (Å²) < 4.78 is 10.5. The first-order valence-corrected chi connectivity index (χ1v) is 9.04. The van der Waals surface area contributed by atoms with Crippen LogP contribution in [0.25, 0.3) is 11.1 Å². The number of ether oxygens (including phenoxy) is 2. The Hall–Kier alpha value is -2.86. The van der Waals surface area contributed by atoms with Crippen LogP contribution in [0.3, 0.4) is 0 Å². The molecule has 142 valence electrons. The zero-order valence-corrected chi connectivity index (χ0v) is 15.2. The van der Waals surface area contributed by atoms with E-state index in [-0.39, 0.29) is 25.6 Å². The first-order chi connectivity index (χ1) is 13.1. The molecule has 2 aromatic rings. The Labute approximate surface area is 158 Å². The fourth-order valence-electron chi connectivity index (χ4n) is 3.39. The van der Waals surface area contributed by atoms with Crippen LogP contribution in [-0.2, 0) is 14.3 Å². The average Bonchev–Trinajstić information content (AvgIpc) is 2.99. The van der Waals surface area contributed by atoms with Crippen LogP contribution in [0.2, 0.25) is 0 Å². The van der Waals surface area contributed by atoms with E-state index in [9.17, 15) is 14.7 Å². The number of carboxylic acids is 1. The molecule has 0 aromatic heterocycles. The molecule has 0 saturated carbocycles. The zero-order chi connectivity index (χ0) is 19.2. The number of hydrogen-bond acceptors (Lipinski definition) is 4. The van der Waals surface area contributed by atoms with Crippen LogP contribution in [0.15, 0.2) is 48.5 Å². The molecule has 6 nitrogen and oxygen atoms in total. The Bertz CT molecular complexity index is 774. The summed E-state index contributed by atoms with van der Waals surface area (Å²) in [6.07, 6.45) is -0.548. The van der Waals surface area contributed by atoms with Crippen molar-refractivity contribution >= 4 is 12.1 Å². The van der Waals surface area contributed by atoms with Crippen molar-refractivity contribution in [1.82, 2.24) is 5.32 Å². The number of carbonyl (C=O) groups excluding carboxylic acids is 1. The van der Waals surface area contributed by atoms with Gasteiger partial charge in [-0.25, -0.2) is 9.59 Å². The fraction of sp³-hybridized carbons (Fsp3) is 0.333. The monoisotopic (exact) mass is 369 g/mol. The second-order valence-electron chi connectivity index (χ2n) is 6.35. The Morgan fingerprint density at radius 3 is 2.22 bits per heavy atom. The zero-order valence-electron chi connectivity index (χ0n) is 15.2. The Kier molecular flexibility index (Phi) is 6.08. The maximum Gasteiger partial charge on any atom is 0.407 e. The van der Waals surface area contributed by atoms with Gasteiger partial charge in [-0.15, -0.1) is 0 Å². The third kappa shape index (κ3) is 4.28. The number of nitrogens with one attached hydrogen (secondary N) is 1. The van der Waals surface area contributed by atoms with Gasteiger partial charge in [0.25, 0.3) is 0 Å². The smallest absolute Gasteiger partial charge is 0.407 e. The normalized spacial score (nSPS) is 13.5. The van der Waals surface area contributed by atoms with Gasteiger partial charge in [-0.05, 0) is 29.2 Å². The standard InChI is InChI=1S/C21H23NO5/c1-2-26-12-11-19(20(23)24)22-21(25)27-13-18-16-9-5-3-7-14(16)15-8-4-6-10-17(15)18/h3-10,18-19H,2,11-13H2,1H3,(H,22,25)(H,23,24)/t19-/m0/s1. The van der Waals surface area contributed by atoms with Crippen LogP contribution in [0, 0.1) is 0 Å². The van der Waals surface area contributed by atoms with Gasteiger partial charge in [0.1, 0.15) is 12.6 Å². The lowest BCUT2D eigenvalue weighted by Crippen LogP contribution is -2.42. The second kappa shape index (κ2) is 8.68. The van der Waals surface area contributed by atoms with Crippen molar-refractivity contribution in [1.29, 1.82) is 0 Å². The Morgan fingerprint density at radius 2 is 1.67 bits per heavy atom. The van der Waals surface area contributed by atoms with E-state index in [0.29, 0.717) is 6.61 Å². The van der Waals surface area contributed by atoms with Crippen molar-refractivity contribution in [2.75, 3.05) is 19.8 Å². The van der Waals surface area contributed by atoms with Crippen molar-refractivity contribution in [3.05, 3.63) is 59.7 Å². The molecule has 1 aliphatic carbocycles. The highest BCUT2D eigenvalue weighted by atomic mass is 16.5. The van der Waals surface area contributed by atoms with E-state index in [0.717, 1.165) is 22.3 Å². The molecule has 1 aliphatic rings. The van der Waals surface area contributed by atoms with Crippen molar-refractivity contribution in [2.45, 2.75) is 25.3 Å². The topological polar surface area (TPSA) is 84.9 Å². The van der Waals surface area contributed by atoms with E-state index in [1.807, 2.05) is 43.3 Å². The van der Waals surface area contributed by atoms with Gasteiger partial charge < -0.3 is 19.9 Å². The van der Waals surface area contributed by atoms with Gasteiger partial charge in [-0.2, -0.15) is 0 Å². The molecule has 6 heteroatoms. The third-order valence-electron chi connectivity index (χ3n) is 4.69. The number of alkyl carbamates (subject to hydrolysis) is 1. The molecule has 2 N–H and O–H groups in total. The van der Waals surface area contributed by atoms with Crippen LogP contribution < -0.4 is 5.32 Å². The van der Waals surface area contributed by atoms with Gasteiger partial charge in [0.15, 0.2) is 0 Å². The molecule has 2 aromatic carbocycles. The molecule has 0 saturated heterocycles. The van der Waals surface area contributed by atoms with Crippen LogP contribution in [0.1, 0.15) is 30.4 Å². The molecule has 0 aliphatic heterocycles. The number of amides is 1. The minimum atomic E-state index is -1.11. The molecular weight excluding hydrogens is 346 g/mol. The van der Waals surface area contributed by atoms with Gasteiger partial charge in [0.05, 0.1) is 0 Å². The molecule has 0 unspecified atom stereocenters. The predicted molar refractivity (Wildman–Crippen MR) is 101 cm³/mol. The lowest BCUT2D eigenvalue weighted by atomic mass is 9.98. The molecule has 0 bridgehead atoms. The van der Waals surface area contributed by atoms with E-state index >= 15 is 0 Å². The number of carbonyl (C=O) groups is 2. The van der Waals surface area contributed by atoms with Crippen molar-refractivity contribution in [2.24, 2.45) is 0 Å². The molecule has 0 heterocycles. The highest BCUT2D eigenvalue weighted by Gasteiger charge is 2.29. The summed E-state index contributed by atoms with van der Waals surface area (Å²) in [5.41, 5.74) is 4.50. The highest BCUT2D eigenvalue weighted by molar-refractivity contribution is 5.81. The molecule has 3 rings (SSSR count). The number of aliphatic carboxylic acids is 1. The van der Waals surface area contributed by atoms with Gasteiger partial charge in [0.2, 0.25) is 0 Å². The average molecular weight is 369 g/mol. The quantitative estimate of drug-likeness (QED) is 0.697. The third-order valence-corrected chi connectivity index (χ3v) is 4.69. The highest BCUT2D eigenvalue weighted by Crippen LogP contribution is 2.44. The van der Waals surface area contributed by atoms with Gasteiger partial charge in [-0.3, -0.25) is 0 Å². The van der Waals surface area contributed by atoms with Crippen molar-refractivity contribution < 1.29 is 24.2 Å². The Morgan fingerprint density at radius 1 is 1.07 bits per heavy atom.